The average Bonchev–Trinajstić information content (AvgIpc) is 2.34. The molecular formula is C16H17BrFNO. The number of hydrogen-bond donors (Lipinski definition) is 0. The number of nitrogens with zero attached hydrogens (tertiary/aromatic N) is 1. The molecule has 0 saturated carbocycles. The summed E-state index contributed by atoms with van der Waals surface area (Å²) in [5.74, 6) is -0.254. The largest absolute Gasteiger partial charge is 1.00 e. The van der Waals surface area contributed by atoms with E-state index in [1.54, 1.807) is 16.8 Å². The Kier molecular flexibility index (Phi) is 6.02. The summed E-state index contributed by atoms with van der Waals surface area (Å²) in [6, 6.07) is 8.96. The van der Waals surface area contributed by atoms with Gasteiger partial charge in [-0.05, 0) is 36.6 Å². The molecular weight excluding hydrogens is 321 g/mol. The van der Waals surface area contributed by atoms with Crippen LogP contribution in [-0.4, -0.2) is 5.78 Å². The monoisotopic (exact) mass is 337 g/mol. The van der Waals surface area contributed by atoms with Crippen molar-refractivity contribution in [2.24, 2.45) is 0 Å². The number of pyridine rings is 1. The Hall–Kier alpha value is -1.55. The number of carbonyl (C=O) groups excluding carboxylic acids is 1. The predicted molar refractivity (Wildman–Crippen MR) is 71.2 cm³/mol. The van der Waals surface area contributed by atoms with Gasteiger partial charge < -0.3 is 17.0 Å². The van der Waals surface area contributed by atoms with Crippen LogP contribution in [0.15, 0.2) is 42.7 Å². The Morgan fingerprint density at radius 1 is 1.15 bits per heavy atom. The summed E-state index contributed by atoms with van der Waals surface area (Å²) < 4.78 is 14.6. The molecule has 1 aromatic carbocycles. The van der Waals surface area contributed by atoms with E-state index in [1.165, 1.54) is 12.3 Å². The summed E-state index contributed by atoms with van der Waals surface area (Å²) in [6.07, 6.45) is 3.43. The second-order valence-corrected chi connectivity index (χ2v) is 4.78. The van der Waals surface area contributed by atoms with Crippen molar-refractivity contribution in [3.05, 3.63) is 65.2 Å². The lowest BCUT2D eigenvalue weighted by Crippen LogP contribution is -3.00. The van der Waals surface area contributed by atoms with Crippen LogP contribution in [0.4, 0.5) is 4.39 Å². The van der Waals surface area contributed by atoms with E-state index < -0.39 is 0 Å². The van der Waals surface area contributed by atoms with Crippen LogP contribution in [0.5, 0.6) is 0 Å². The fraction of sp³-hybridized carbons (Fsp3) is 0.250. The Balaban J connectivity index is 0.00000200. The third kappa shape index (κ3) is 4.23. The Morgan fingerprint density at radius 2 is 1.80 bits per heavy atom. The van der Waals surface area contributed by atoms with Crippen molar-refractivity contribution in [2.75, 3.05) is 0 Å². The lowest BCUT2D eigenvalue weighted by molar-refractivity contribution is -0.685. The molecule has 2 rings (SSSR count). The molecule has 0 saturated heterocycles. The zero-order chi connectivity index (χ0) is 13.8. The van der Waals surface area contributed by atoms with Gasteiger partial charge in [-0.1, -0.05) is 18.2 Å². The molecule has 0 aliphatic carbocycles. The number of Topliss-reactive ketones (excluding diaryl/α,β-unsaturated/α-hetero) is 1. The van der Waals surface area contributed by atoms with Gasteiger partial charge in [0.05, 0.1) is 0 Å². The molecule has 0 aliphatic rings. The Morgan fingerprint density at radius 3 is 2.40 bits per heavy atom. The third-order valence-corrected chi connectivity index (χ3v) is 3.20. The fourth-order valence-corrected chi connectivity index (χ4v) is 2.17. The molecule has 4 heteroatoms. The summed E-state index contributed by atoms with van der Waals surface area (Å²) in [6.45, 7) is 4.21. The van der Waals surface area contributed by atoms with Crippen molar-refractivity contribution >= 4 is 5.78 Å². The van der Waals surface area contributed by atoms with Gasteiger partial charge in [0.15, 0.2) is 12.0 Å². The van der Waals surface area contributed by atoms with Crippen LogP contribution in [0.1, 0.15) is 16.7 Å². The number of aryl methyl sites for hydroxylation is 2. The smallest absolute Gasteiger partial charge is 0.206 e. The average molecular weight is 338 g/mol. The van der Waals surface area contributed by atoms with Crippen LogP contribution >= 0.6 is 0 Å². The molecule has 0 N–H and O–H groups in total. The first-order chi connectivity index (χ1) is 9.06. The minimum atomic E-state index is -0.331. The third-order valence-electron chi connectivity index (χ3n) is 3.20. The highest BCUT2D eigenvalue weighted by Crippen LogP contribution is 2.14. The van der Waals surface area contributed by atoms with Gasteiger partial charge in [-0.15, -0.1) is 0 Å². The second-order valence-electron chi connectivity index (χ2n) is 4.78. The second kappa shape index (κ2) is 7.29. The number of rotatable bonds is 4. The van der Waals surface area contributed by atoms with Gasteiger partial charge in [0, 0.05) is 12.5 Å². The maximum Gasteiger partial charge on any atom is 0.206 e. The molecule has 2 aromatic rings. The van der Waals surface area contributed by atoms with Gasteiger partial charge in [0.25, 0.3) is 0 Å². The predicted octanol–water partition coefficient (Wildman–Crippen LogP) is -0.454. The molecule has 20 heavy (non-hydrogen) atoms. The number of ketones is 1. The van der Waals surface area contributed by atoms with E-state index in [0.29, 0.717) is 6.42 Å². The molecule has 0 fully saturated rings. The Bertz CT molecular complexity index is 593. The van der Waals surface area contributed by atoms with Crippen molar-refractivity contribution in [3.8, 4) is 0 Å². The van der Waals surface area contributed by atoms with E-state index in [1.807, 2.05) is 32.0 Å². The number of carbonyl (C=O) groups is 1. The van der Waals surface area contributed by atoms with Crippen molar-refractivity contribution in [2.45, 2.75) is 26.8 Å². The number of benzene rings is 1. The van der Waals surface area contributed by atoms with Crippen LogP contribution in [0.25, 0.3) is 0 Å². The van der Waals surface area contributed by atoms with E-state index in [-0.39, 0.29) is 35.1 Å². The van der Waals surface area contributed by atoms with E-state index in [0.717, 1.165) is 16.7 Å². The molecule has 0 radical (unpaired) electrons. The molecule has 1 heterocycles. The van der Waals surface area contributed by atoms with Crippen LogP contribution in [0.3, 0.4) is 0 Å². The van der Waals surface area contributed by atoms with Gasteiger partial charge in [-0.3, -0.25) is 4.79 Å². The SMILES string of the molecule is Cc1cccc(C)c1CC(=O)C[n+]1cccc(F)c1.[Br-]. The van der Waals surface area contributed by atoms with Crippen LogP contribution in [0, 0.1) is 19.7 Å². The molecule has 0 spiro atoms. The Labute approximate surface area is 129 Å². The topological polar surface area (TPSA) is 20.9 Å². The first-order valence-corrected chi connectivity index (χ1v) is 6.27. The maximum atomic E-state index is 13.0. The normalized spacial score (nSPS) is 9.95. The summed E-state index contributed by atoms with van der Waals surface area (Å²) >= 11 is 0. The quantitative estimate of drug-likeness (QED) is 0.692. The molecule has 0 bridgehead atoms. The molecule has 0 amide bonds. The molecule has 1 aromatic heterocycles. The van der Waals surface area contributed by atoms with E-state index in [2.05, 4.69) is 0 Å². The van der Waals surface area contributed by atoms with Gasteiger partial charge in [0.1, 0.15) is 0 Å². The molecule has 0 unspecified atom stereocenters. The van der Waals surface area contributed by atoms with Crippen molar-refractivity contribution in [1.29, 1.82) is 0 Å². The number of hydrogen-bond acceptors (Lipinski definition) is 1. The highest BCUT2D eigenvalue weighted by atomic mass is 79.9. The van der Waals surface area contributed by atoms with Gasteiger partial charge in [-0.25, -0.2) is 4.39 Å². The fourth-order valence-electron chi connectivity index (χ4n) is 2.17. The van der Waals surface area contributed by atoms with E-state index >= 15 is 0 Å². The number of halogens is 2. The zero-order valence-electron chi connectivity index (χ0n) is 11.6. The van der Waals surface area contributed by atoms with Gasteiger partial charge in [0.2, 0.25) is 18.5 Å². The maximum absolute atomic E-state index is 13.0. The molecule has 0 atom stereocenters. The summed E-state index contributed by atoms with van der Waals surface area (Å²) in [5, 5.41) is 0. The highest BCUT2D eigenvalue weighted by Gasteiger charge is 2.13. The summed E-state index contributed by atoms with van der Waals surface area (Å²) in [7, 11) is 0. The first-order valence-electron chi connectivity index (χ1n) is 6.27. The van der Waals surface area contributed by atoms with Crippen LogP contribution in [0.2, 0.25) is 0 Å². The van der Waals surface area contributed by atoms with Crippen molar-refractivity contribution < 1.29 is 30.7 Å². The van der Waals surface area contributed by atoms with E-state index in [9.17, 15) is 9.18 Å². The lowest BCUT2D eigenvalue weighted by Gasteiger charge is -2.07. The van der Waals surface area contributed by atoms with Gasteiger partial charge >= 0.3 is 0 Å². The summed E-state index contributed by atoms with van der Waals surface area (Å²) in [5.41, 5.74) is 3.32. The summed E-state index contributed by atoms with van der Waals surface area (Å²) in [4.78, 5) is 12.1. The standard InChI is InChI=1S/C16H17FNO.BrH/c1-12-5-3-6-13(2)16(12)9-15(19)11-18-8-4-7-14(17)10-18;/h3-8,10H,9,11H2,1-2H3;1H/q+1;/p-1. The first kappa shape index (κ1) is 16.5. The van der Waals surface area contributed by atoms with Crippen molar-refractivity contribution in [1.82, 2.24) is 0 Å². The van der Waals surface area contributed by atoms with Crippen molar-refractivity contribution in [3.63, 3.8) is 0 Å². The minimum absolute atomic E-state index is 0. The molecule has 2 nitrogen and oxygen atoms in total. The van der Waals surface area contributed by atoms with Crippen LogP contribution in [-0.2, 0) is 17.8 Å². The van der Waals surface area contributed by atoms with Gasteiger partial charge in [-0.2, -0.15) is 4.57 Å². The number of aromatic nitrogens is 1. The molecule has 106 valence electrons. The van der Waals surface area contributed by atoms with Crippen LogP contribution < -0.4 is 21.5 Å². The molecule has 0 aliphatic heterocycles. The van der Waals surface area contributed by atoms with E-state index in [4.69, 9.17) is 0 Å². The minimum Gasteiger partial charge on any atom is -1.00 e. The lowest BCUT2D eigenvalue weighted by atomic mass is 9.98. The zero-order valence-corrected chi connectivity index (χ0v) is 13.2. The highest BCUT2D eigenvalue weighted by molar-refractivity contribution is 5.80.